The van der Waals surface area contributed by atoms with Crippen LogP contribution < -0.4 is 5.43 Å². The molecule has 0 radical (unpaired) electrons. The van der Waals surface area contributed by atoms with Gasteiger partial charge in [0, 0.05) is 35.5 Å². The molecule has 0 aromatic heterocycles. The van der Waals surface area contributed by atoms with Gasteiger partial charge in [-0.15, -0.1) is 0 Å². The molecule has 0 bridgehead atoms. The first-order valence-electron chi connectivity index (χ1n) is 8.02. The van der Waals surface area contributed by atoms with Crippen molar-refractivity contribution >= 4 is 23.2 Å². The van der Waals surface area contributed by atoms with Crippen molar-refractivity contribution in [3.8, 4) is 0 Å². The summed E-state index contributed by atoms with van der Waals surface area (Å²) < 4.78 is 0. The normalized spacial score (nSPS) is 11.6. The van der Waals surface area contributed by atoms with Gasteiger partial charge in [0.05, 0.1) is 11.3 Å². The Labute approximate surface area is 147 Å². The Balaban J connectivity index is 2.74. The van der Waals surface area contributed by atoms with Gasteiger partial charge in [0.1, 0.15) is 0 Å². The monoisotopic (exact) mass is 348 g/mol. The van der Waals surface area contributed by atoms with E-state index in [9.17, 15) is 19.7 Å². The maximum absolute atomic E-state index is 12.3. The van der Waals surface area contributed by atoms with E-state index in [1.54, 1.807) is 11.8 Å². The molecule has 25 heavy (non-hydrogen) atoms. The molecular weight excluding hydrogens is 324 g/mol. The number of nitro benzene ring substituents is 1. The number of rotatable bonds is 7. The summed E-state index contributed by atoms with van der Waals surface area (Å²) in [6, 6.07) is 5.49. The maximum atomic E-state index is 12.3. The highest BCUT2D eigenvalue weighted by Crippen LogP contribution is 2.13. The number of non-ortho nitro benzene ring substituents is 1. The lowest BCUT2D eigenvalue weighted by molar-refractivity contribution is -0.384. The topological polar surface area (TPSA) is 105 Å². The van der Waals surface area contributed by atoms with Crippen LogP contribution in [0.5, 0.6) is 0 Å². The number of hydrogen-bond acceptors (Lipinski definition) is 5. The molecule has 0 aliphatic carbocycles. The smallest absolute Gasteiger partial charge is 0.271 e. The second kappa shape index (κ2) is 8.91. The predicted molar refractivity (Wildman–Crippen MR) is 95.4 cm³/mol. The van der Waals surface area contributed by atoms with Gasteiger partial charge >= 0.3 is 0 Å². The number of hydrazone groups is 1. The van der Waals surface area contributed by atoms with Crippen molar-refractivity contribution in [2.24, 2.45) is 5.10 Å². The average Bonchev–Trinajstić information content (AvgIpc) is 2.51. The fourth-order valence-electron chi connectivity index (χ4n) is 2.49. The third-order valence-electron chi connectivity index (χ3n) is 3.48. The zero-order valence-corrected chi connectivity index (χ0v) is 15.1. The van der Waals surface area contributed by atoms with E-state index < -0.39 is 10.8 Å². The summed E-state index contributed by atoms with van der Waals surface area (Å²) in [6.45, 7) is 9.40. The van der Waals surface area contributed by atoms with Crippen molar-refractivity contribution in [3.63, 3.8) is 0 Å². The van der Waals surface area contributed by atoms with Crippen LogP contribution >= 0.6 is 0 Å². The number of carbonyl (C=O) groups is 2. The van der Waals surface area contributed by atoms with E-state index in [0.29, 0.717) is 5.71 Å². The van der Waals surface area contributed by atoms with Gasteiger partial charge in [0.25, 0.3) is 11.6 Å². The molecule has 0 aliphatic rings. The van der Waals surface area contributed by atoms with E-state index in [-0.39, 0.29) is 35.7 Å². The standard InChI is InChI=1S/C17H24N4O4/c1-11(2)20(12(3)4)16(22)9-13(5)18-19-17(23)14-7-6-8-15(10-14)21(24)25/h6-8,10-12H,9H2,1-5H3,(H,19,23)/b18-13-. The first kappa shape index (κ1) is 20.3. The number of nitrogens with one attached hydrogen (secondary N) is 1. The first-order chi connectivity index (χ1) is 11.6. The van der Waals surface area contributed by atoms with Crippen LogP contribution in [0.4, 0.5) is 5.69 Å². The van der Waals surface area contributed by atoms with Crippen molar-refractivity contribution in [1.82, 2.24) is 10.3 Å². The summed E-state index contributed by atoms with van der Waals surface area (Å²) in [6.07, 6.45) is 0.0889. The molecule has 0 aliphatic heterocycles. The molecule has 2 amide bonds. The van der Waals surface area contributed by atoms with E-state index in [4.69, 9.17) is 0 Å². The predicted octanol–water partition coefficient (Wildman–Crippen LogP) is 2.74. The van der Waals surface area contributed by atoms with Gasteiger partial charge in [-0.25, -0.2) is 5.43 Å². The highest BCUT2D eigenvalue weighted by Gasteiger charge is 2.20. The quantitative estimate of drug-likeness (QED) is 0.464. The van der Waals surface area contributed by atoms with E-state index >= 15 is 0 Å². The fraction of sp³-hybridized carbons (Fsp3) is 0.471. The van der Waals surface area contributed by atoms with Crippen molar-refractivity contribution < 1.29 is 14.5 Å². The Morgan fingerprint density at radius 3 is 2.36 bits per heavy atom. The van der Waals surface area contributed by atoms with Gasteiger partial charge in [-0.2, -0.15) is 5.10 Å². The molecule has 0 unspecified atom stereocenters. The third kappa shape index (κ3) is 5.98. The van der Waals surface area contributed by atoms with E-state index in [1.807, 2.05) is 27.7 Å². The third-order valence-corrected chi connectivity index (χ3v) is 3.48. The number of carbonyl (C=O) groups excluding carboxylic acids is 2. The molecule has 0 saturated carbocycles. The second-order valence-corrected chi connectivity index (χ2v) is 6.26. The van der Waals surface area contributed by atoms with Crippen LogP contribution in [-0.4, -0.2) is 39.4 Å². The summed E-state index contributed by atoms with van der Waals surface area (Å²) in [5.74, 6) is -0.643. The molecule has 0 saturated heterocycles. The van der Waals surface area contributed by atoms with Crippen LogP contribution in [-0.2, 0) is 4.79 Å². The molecule has 0 spiro atoms. The van der Waals surface area contributed by atoms with Crippen molar-refractivity contribution in [2.75, 3.05) is 0 Å². The van der Waals surface area contributed by atoms with Gasteiger partial charge in [-0.3, -0.25) is 19.7 Å². The number of amides is 2. The molecule has 8 heteroatoms. The summed E-state index contributed by atoms with van der Waals surface area (Å²) in [5.41, 5.74) is 2.73. The molecule has 136 valence electrons. The van der Waals surface area contributed by atoms with E-state index in [1.165, 1.54) is 24.3 Å². The lowest BCUT2D eigenvalue weighted by Crippen LogP contribution is -2.42. The Morgan fingerprint density at radius 2 is 1.84 bits per heavy atom. The lowest BCUT2D eigenvalue weighted by atomic mass is 10.2. The highest BCUT2D eigenvalue weighted by atomic mass is 16.6. The van der Waals surface area contributed by atoms with Crippen LogP contribution in [0.25, 0.3) is 0 Å². The SMILES string of the molecule is C/C(CC(=O)N(C(C)C)C(C)C)=N/NC(=O)c1cccc([N+](=O)[O-])c1. The Kier molecular flexibility index (Phi) is 7.22. The molecular formula is C17H24N4O4. The number of hydrogen-bond donors (Lipinski definition) is 1. The molecule has 8 nitrogen and oxygen atoms in total. The maximum Gasteiger partial charge on any atom is 0.271 e. The number of benzene rings is 1. The number of nitro groups is 1. The van der Waals surface area contributed by atoms with Crippen molar-refractivity contribution in [2.45, 2.75) is 53.1 Å². The van der Waals surface area contributed by atoms with Crippen LogP contribution in [0, 0.1) is 10.1 Å². The summed E-state index contributed by atoms with van der Waals surface area (Å²) >= 11 is 0. The zero-order valence-electron chi connectivity index (χ0n) is 15.1. The first-order valence-corrected chi connectivity index (χ1v) is 8.02. The van der Waals surface area contributed by atoms with Gasteiger partial charge in [-0.1, -0.05) is 6.07 Å². The Hall–Kier alpha value is -2.77. The van der Waals surface area contributed by atoms with Crippen LogP contribution in [0.1, 0.15) is 51.4 Å². The molecule has 1 aromatic carbocycles. The fourth-order valence-corrected chi connectivity index (χ4v) is 2.49. The molecule has 1 rings (SSSR count). The minimum atomic E-state index is -0.573. The zero-order chi connectivity index (χ0) is 19.1. The molecule has 0 atom stereocenters. The largest absolute Gasteiger partial charge is 0.338 e. The van der Waals surface area contributed by atoms with Crippen LogP contribution in [0.2, 0.25) is 0 Å². The molecule has 1 N–H and O–H groups in total. The van der Waals surface area contributed by atoms with Crippen LogP contribution in [0.15, 0.2) is 29.4 Å². The van der Waals surface area contributed by atoms with Crippen molar-refractivity contribution in [3.05, 3.63) is 39.9 Å². The van der Waals surface area contributed by atoms with E-state index in [0.717, 1.165) is 0 Å². The lowest BCUT2D eigenvalue weighted by Gasteiger charge is -2.30. The second-order valence-electron chi connectivity index (χ2n) is 6.26. The van der Waals surface area contributed by atoms with Gasteiger partial charge in [0.15, 0.2) is 0 Å². The summed E-state index contributed by atoms with van der Waals surface area (Å²) in [5, 5.41) is 14.7. The summed E-state index contributed by atoms with van der Waals surface area (Å²) in [4.78, 5) is 36.3. The minimum absolute atomic E-state index is 0.0692. The van der Waals surface area contributed by atoms with Crippen LogP contribution in [0.3, 0.4) is 0 Å². The van der Waals surface area contributed by atoms with Gasteiger partial charge in [-0.05, 0) is 40.7 Å². The number of nitrogens with zero attached hydrogens (tertiary/aromatic N) is 3. The molecule has 0 fully saturated rings. The summed E-state index contributed by atoms with van der Waals surface area (Å²) in [7, 11) is 0. The minimum Gasteiger partial charge on any atom is -0.338 e. The van der Waals surface area contributed by atoms with E-state index in [2.05, 4.69) is 10.5 Å². The Morgan fingerprint density at radius 1 is 1.24 bits per heavy atom. The van der Waals surface area contributed by atoms with Gasteiger partial charge in [0.2, 0.25) is 5.91 Å². The average molecular weight is 348 g/mol. The van der Waals surface area contributed by atoms with Crippen molar-refractivity contribution in [1.29, 1.82) is 0 Å². The molecule has 0 heterocycles. The van der Waals surface area contributed by atoms with Gasteiger partial charge < -0.3 is 4.90 Å². The Bertz CT molecular complexity index is 675. The highest BCUT2D eigenvalue weighted by molar-refractivity contribution is 6.01. The molecule has 1 aromatic rings.